The van der Waals surface area contributed by atoms with Gasteiger partial charge in [-0.1, -0.05) is 111 Å². The number of hydrogen-bond donors (Lipinski definition) is 9. The molecule has 0 bridgehead atoms. The molecule has 0 aliphatic heterocycles. The summed E-state index contributed by atoms with van der Waals surface area (Å²) < 4.78 is 5.64. The largest absolute Gasteiger partial charge is 0.400 e. The Morgan fingerprint density at radius 2 is 1.15 bits per heavy atom. The Labute approximate surface area is 324 Å². The highest BCUT2D eigenvalue weighted by Gasteiger charge is 2.31. The molecule has 0 amide bonds. The molecule has 0 aromatic heterocycles. The Kier molecular flexibility index (Phi) is 60.4. The maximum absolute atomic E-state index is 10.9. The fraction of sp³-hybridized carbons (Fsp3) is 0.902. The topological polar surface area (TPSA) is 225 Å². The minimum atomic E-state index is -1.87. The number of terminal acetylenes is 1. The van der Waals surface area contributed by atoms with Gasteiger partial charge in [0.1, 0.15) is 13.1 Å². The number of unbranched alkanes of at least 4 members (excludes halogenated alkanes) is 2. The van der Waals surface area contributed by atoms with Gasteiger partial charge in [0.15, 0.2) is 5.79 Å². The Hall–Kier alpha value is -1.50. The molecule has 0 aromatic rings. The number of carbonyl (C=O) groups is 2. The van der Waals surface area contributed by atoms with Crippen LogP contribution in [-0.2, 0) is 14.3 Å². The lowest BCUT2D eigenvalue weighted by molar-refractivity contribution is -0.188. The van der Waals surface area contributed by atoms with Crippen molar-refractivity contribution in [1.29, 1.82) is 0 Å². The number of rotatable bonds is 19. The number of aldehydes is 1. The van der Waals surface area contributed by atoms with E-state index in [1.807, 2.05) is 20.6 Å². The second-order valence-corrected chi connectivity index (χ2v) is 13.4. The number of aliphatic hydroxyl groups is 7. The number of aliphatic hydroxyl groups excluding tert-OH is 5. The van der Waals surface area contributed by atoms with E-state index >= 15 is 0 Å². The minimum absolute atomic E-state index is 0.0397. The van der Waals surface area contributed by atoms with Crippen molar-refractivity contribution in [1.82, 2.24) is 0 Å². The predicted molar refractivity (Wildman–Crippen MR) is 215 cm³/mol. The van der Waals surface area contributed by atoms with Crippen molar-refractivity contribution in [2.45, 2.75) is 199 Å². The molecule has 0 spiro atoms. The second-order valence-electron chi connectivity index (χ2n) is 13.4. The number of carbonyl (C=O) groups excluding carboxylic acids is 2. The SMILES string of the molecule is C#C.C=O.CC.CO.CO.CO[C@@H](C)[C@H](C)C[C@@H]1CCCCCCCCCCCC1CCC(O)(O)C[C@@H](O)CCCCC[C@@H](O)C[C@@H](O)CC=O.OO. The van der Waals surface area contributed by atoms with Crippen molar-refractivity contribution in [3.63, 3.8) is 0 Å². The molecule has 12 nitrogen and oxygen atoms in total. The monoisotopic (exact) mass is 771 g/mol. The van der Waals surface area contributed by atoms with E-state index in [2.05, 4.69) is 26.7 Å². The molecular formula is C41H86O12. The lowest BCUT2D eigenvalue weighted by atomic mass is 9.75. The van der Waals surface area contributed by atoms with Crippen LogP contribution >= 0.6 is 0 Å². The molecule has 1 aliphatic carbocycles. The first-order chi connectivity index (χ1) is 25.6. The van der Waals surface area contributed by atoms with E-state index in [4.69, 9.17) is 30.3 Å². The smallest absolute Gasteiger partial charge is 0.164 e. The summed E-state index contributed by atoms with van der Waals surface area (Å²) in [6, 6.07) is 0. The Morgan fingerprint density at radius 1 is 0.736 bits per heavy atom. The van der Waals surface area contributed by atoms with Gasteiger partial charge in [0.25, 0.3) is 0 Å². The lowest BCUT2D eigenvalue weighted by Crippen LogP contribution is -2.34. The Balaban J connectivity index is -0.000000415. The van der Waals surface area contributed by atoms with Crippen LogP contribution in [0.15, 0.2) is 0 Å². The fourth-order valence-electron chi connectivity index (χ4n) is 6.69. The molecule has 12 heteroatoms. The third-order valence-electron chi connectivity index (χ3n) is 9.63. The van der Waals surface area contributed by atoms with Crippen molar-refractivity contribution in [3.05, 3.63) is 0 Å². The van der Waals surface area contributed by atoms with Crippen LogP contribution in [0.1, 0.15) is 169 Å². The molecule has 9 N–H and O–H groups in total. The van der Waals surface area contributed by atoms with Crippen molar-refractivity contribution < 1.29 is 60.6 Å². The number of ether oxygens (including phenoxy) is 1. The van der Waals surface area contributed by atoms with Crippen LogP contribution in [0.25, 0.3) is 0 Å². The molecule has 53 heavy (non-hydrogen) atoms. The maximum Gasteiger partial charge on any atom is 0.164 e. The van der Waals surface area contributed by atoms with Crippen molar-refractivity contribution in [3.8, 4) is 12.8 Å². The van der Waals surface area contributed by atoms with Crippen LogP contribution in [0.4, 0.5) is 0 Å². The van der Waals surface area contributed by atoms with Crippen LogP contribution in [0.3, 0.4) is 0 Å². The molecule has 1 unspecified atom stereocenters. The van der Waals surface area contributed by atoms with Crippen LogP contribution in [-0.4, -0.2) is 111 Å². The highest BCUT2D eigenvalue weighted by Crippen LogP contribution is 2.36. The fourth-order valence-corrected chi connectivity index (χ4v) is 6.69. The van der Waals surface area contributed by atoms with Crippen LogP contribution in [0.5, 0.6) is 0 Å². The molecule has 0 aromatic carbocycles. The highest BCUT2D eigenvalue weighted by molar-refractivity contribution is 5.49. The molecule has 1 saturated carbocycles. The zero-order chi connectivity index (χ0) is 42.5. The zero-order valence-corrected chi connectivity index (χ0v) is 34.8. The van der Waals surface area contributed by atoms with Gasteiger partial charge >= 0.3 is 0 Å². The Morgan fingerprint density at radius 3 is 1.58 bits per heavy atom. The molecule has 1 rings (SSSR count). The van der Waals surface area contributed by atoms with Gasteiger partial charge in [-0.15, -0.1) is 12.8 Å². The molecular weight excluding hydrogens is 684 g/mol. The normalized spacial score (nSPS) is 19.0. The molecule has 1 fully saturated rings. The van der Waals surface area contributed by atoms with Crippen LogP contribution < -0.4 is 0 Å². The van der Waals surface area contributed by atoms with Crippen LogP contribution in [0, 0.1) is 30.6 Å². The molecule has 322 valence electrons. The van der Waals surface area contributed by atoms with E-state index in [1.165, 1.54) is 64.2 Å². The summed E-state index contributed by atoms with van der Waals surface area (Å²) in [4.78, 5) is 18.4. The van der Waals surface area contributed by atoms with Gasteiger partial charge < -0.3 is 50.1 Å². The Bertz CT molecular complexity index is 695. The van der Waals surface area contributed by atoms with Gasteiger partial charge in [-0.2, -0.15) is 0 Å². The molecule has 0 radical (unpaired) electrons. The summed E-state index contributed by atoms with van der Waals surface area (Å²) in [7, 11) is 3.78. The van der Waals surface area contributed by atoms with E-state index in [-0.39, 0.29) is 31.8 Å². The summed E-state index contributed by atoms with van der Waals surface area (Å²) in [5.74, 6) is -0.407. The van der Waals surface area contributed by atoms with Crippen molar-refractivity contribution in [2.24, 2.45) is 17.8 Å². The van der Waals surface area contributed by atoms with Crippen molar-refractivity contribution in [2.75, 3.05) is 21.3 Å². The van der Waals surface area contributed by atoms with Gasteiger partial charge in [0.2, 0.25) is 0 Å². The van der Waals surface area contributed by atoms with Crippen molar-refractivity contribution >= 4 is 13.1 Å². The van der Waals surface area contributed by atoms with Gasteiger partial charge in [0, 0.05) is 40.6 Å². The summed E-state index contributed by atoms with van der Waals surface area (Å²) in [6.07, 6.45) is 26.3. The zero-order valence-electron chi connectivity index (χ0n) is 34.8. The van der Waals surface area contributed by atoms with Gasteiger partial charge in [-0.3, -0.25) is 10.5 Å². The van der Waals surface area contributed by atoms with E-state index in [1.54, 1.807) is 7.11 Å². The summed E-state index contributed by atoms with van der Waals surface area (Å²) >= 11 is 0. The standard InChI is InChI=1S/C34H66O7.C2H6.C2H2.2CH4O.CH2O.H2O2/c1-27(28(2)41-3)24-30-17-13-10-8-6-4-5-7-9-12-16-29(30)20-22-34(39,40)26-33(38)19-15-11-14-18-31(36)25-32(37)21-23-35;6*1-2/h23,27-33,36-40H,4-22,24-26H2,1-3H3;1-2H3;1-2H;2*2H,1H3;1H2;1-2H/t27-,28+,29?,30+,31-,32+,33+;;;;;;/m1....../s1. The van der Waals surface area contributed by atoms with Gasteiger partial charge in [-0.25, -0.2) is 0 Å². The highest BCUT2D eigenvalue weighted by atomic mass is 17.0. The summed E-state index contributed by atoms with van der Waals surface area (Å²) in [5.41, 5.74) is 0. The van der Waals surface area contributed by atoms with Crippen LogP contribution in [0.2, 0.25) is 0 Å². The average Bonchev–Trinajstić information content (AvgIpc) is 3.20. The lowest BCUT2D eigenvalue weighted by Gasteiger charge is -2.33. The maximum atomic E-state index is 10.9. The summed E-state index contributed by atoms with van der Waals surface area (Å²) in [6.45, 7) is 10.4. The average molecular weight is 771 g/mol. The van der Waals surface area contributed by atoms with Gasteiger partial charge in [-0.05, 0) is 56.8 Å². The predicted octanol–water partition coefficient (Wildman–Crippen LogP) is 6.77. The minimum Gasteiger partial charge on any atom is -0.400 e. The van der Waals surface area contributed by atoms with Gasteiger partial charge in [0.05, 0.1) is 24.4 Å². The third-order valence-corrected chi connectivity index (χ3v) is 9.63. The second kappa shape index (κ2) is 50.5. The summed E-state index contributed by atoms with van der Waals surface area (Å²) in [5, 5.41) is 77.9. The van der Waals surface area contributed by atoms with E-state index in [9.17, 15) is 30.3 Å². The van der Waals surface area contributed by atoms with E-state index in [0.717, 1.165) is 52.7 Å². The molecule has 1 aliphatic rings. The van der Waals surface area contributed by atoms with E-state index < -0.39 is 24.1 Å². The number of hydrogen-bond acceptors (Lipinski definition) is 12. The number of methoxy groups -OCH3 is 1. The molecule has 0 saturated heterocycles. The first-order valence-corrected chi connectivity index (χ1v) is 19.7. The quantitative estimate of drug-likeness (QED) is 0.0166. The first-order valence-electron chi connectivity index (χ1n) is 19.7. The third kappa shape index (κ3) is 43.1. The molecule has 7 atom stereocenters. The molecule has 0 heterocycles. The first kappa shape index (κ1) is 63.4. The van der Waals surface area contributed by atoms with E-state index in [0.29, 0.717) is 36.9 Å².